The first-order valence-corrected chi connectivity index (χ1v) is 8.33. The van der Waals surface area contributed by atoms with Crippen molar-refractivity contribution in [3.05, 3.63) is 20.8 Å². The number of carbonyl (C=O) groups is 2. The third-order valence-corrected chi connectivity index (χ3v) is 5.79. The molecule has 1 heterocycles. The average molecular weight is 376 g/mol. The lowest BCUT2D eigenvalue weighted by atomic mass is 9.54. The number of amides is 1. The largest absolute Gasteiger partial charge is 0.479 e. The van der Waals surface area contributed by atoms with Crippen molar-refractivity contribution in [3.8, 4) is 0 Å². The second-order valence-electron chi connectivity index (χ2n) is 5.67. The highest BCUT2D eigenvalue weighted by Crippen LogP contribution is 2.51. The topological polar surface area (TPSA) is 75.6 Å². The van der Waals surface area contributed by atoms with Gasteiger partial charge in [-0.3, -0.25) is 4.79 Å². The highest BCUT2D eigenvalue weighted by atomic mass is 79.9. The number of hydrogen-bond donors (Lipinski definition) is 2. The van der Waals surface area contributed by atoms with E-state index in [1.165, 1.54) is 11.3 Å². The molecule has 0 bridgehead atoms. The average Bonchev–Trinajstić information content (AvgIpc) is 2.83. The van der Waals surface area contributed by atoms with E-state index < -0.39 is 16.9 Å². The quantitative estimate of drug-likeness (QED) is 0.829. The Labute approximate surface area is 135 Å². The molecule has 0 radical (unpaired) electrons. The van der Waals surface area contributed by atoms with Gasteiger partial charge in [0.05, 0.1) is 15.5 Å². The number of ether oxygens (including phenoxy) is 1. The van der Waals surface area contributed by atoms with E-state index in [9.17, 15) is 14.7 Å². The van der Waals surface area contributed by atoms with Gasteiger partial charge in [-0.05, 0) is 28.9 Å². The van der Waals surface area contributed by atoms with Crippen molar-refractivity contribution in [1.82, 2.24) is 5.32 Å². The summed E-state index contributed by atoms with van der Waals surface area (Å²) in [6.45, 7) is 6.02. The molecule has 21 heavy (non-hydrogen) atoms. The van der Waals surface area contributed by atoms with Crippen LogP contribution in [0.1, 0.15) is 37.6 Å². The van der Waals surface area contributed by atoms with Crippen molar-refractivity contribution in [2.75, 3.05) is 6.61 Å². The van der Waals surface area contributed by atoms with Gasteiger partial charge < -0.3 is 15.2 Å². The van der Waals surface area contributed by atoms with Crippen LogP contribution in [0.4, 0.5) is 0 Å². The SMILES string of the molecule is CCOC1CC(NC(=O)c2csc(Br)c2)(C(=O)O)C1(C)C. The lowest BCUT2D eigenvalue weighted by molar-refractivity contribution is -0.190. The summed E-state index contributed by atoms with van der Waals surface area (Å²) in [6.07, 6.45) is 0.105. The zero-order valence-corrected chi connectivity index (χ0v) is 14.5. The van der Waals surface area contributed by atoms with Gasteiger partial charge >= 0.3 is 5.97 Å². The van der Waals surface area contributed by atoms with E-state index in [1.807, 2.05) is 20.8 Å². The van der Waals surface area contributed by atoms with Gasteiger partial charge in [0.2, 0.25) is 0 Å². The predicted molar refractivity (Wildman–Crippen MR) is 83.7 cm³/mol. The Morgan fingerprint density at radius 2 is 2.24 bits per heavy atom. The Hall–Kier alpha value is -0.920. The lowest BCUT2D eigenvalue weighted by Crippen LogP contribution is -2.76. The highest BCUT2D eigenvalue weighted by Gasteiger charge is 2.66. The molecular weight excluding hydrogens is 358 g/mol. The van der Waals surface area contributed by atoms with Crippen molar-refractivity contribution < 1.29 is 19.4 Å². The number of nitrogens with one attached hydrogen (secondary N) is 1. The minimum Gasteiger partial charge on any atom is -0.479 e. The van der Waals surface area contributed by atoms with Crippen LogP contribution in [0.5, 0.6) is 0 Å². The van der Waals surface area contributed by atoms with Crippen molar-refractivity contribution >= 4 is 39.1 Å². The van der Waals surface area contributed by atoms with Gasteiger partial charge in [0, 0.05) is 23.8 Å². The summed E-state index contributed by atoms with van der Waals surface area (Å²) in [6, 6.07) is 1.68. The molecule has 1 amide bonds. The molecule has 2 N–H and O–H groups in total. The van der Waals surface area contributed by atoms with Crippen LogP contribution in [0, 0.1) is 5.41 Å². The van der Waals surface area contributed by atoms with E-state index in [1.54, 1.807) is 11.4 Å². The zero-order chi connectivity index (χ0) is 15.8. The minimum atomic E-state index is -1.29. The number of carboxylic acid groups (broad SMARTS) is 1. The Morgan fingerprint density at radius 3 is 2.67 bits per heavy atom. The zero-order valence-electron chi connectivity index (χ0n) is 12.1. The van der Waals surface area contributed by atoms with Crippen molar-refractivity contribution in [3.63, 3.8) is 0 Å². The monoisotopic (exact) mass is 375 g/mol. The Balaban J connectivity index is 2.22. The number of thiophene rings is 1. The fourth-order valence-electron chi connectivity index (χ4n) is 2.73. The number of rotatable bonds is 5. The highest BCUT2D eigenvalue weighted by molar-refractivity contribution is 9.11. The summed E-state index contributed by atoms with van der Waals surface area (Å²) < 4.78 is 6.40. The first kappa shape index (κ1) is 16.5. The van der Waals surface area contributed by atoms with E-state index in [-0.39, 0.29) is 18.4 Å². The van der Waals surface area contributed by atoms with Crippen LogP contribution in [0.25, 0.3) is 0 Å². The first-order chi connectivity index (χ1) is 9.74. The maximum Gasteiger partial charge on any atom is 0.330 e. The summed E-state index contributed by atoms with van der Waals surface area (Å²) in [4.78, 5) is 24.1. The summed E-state index contributed by atoms with van der Waals surface area (Å²) in [7, 11) is 0. The van der Waals surface area contributed by atoms with Gasteiger partial charge in [-0.2, -0.15) is 0 Å². The van der Waals surface area contributed by atoms with Crippen LogP contribution in [0.3, 0.4) is 0 Å². The molecule has 1 saturated carbocycles. The maximum atomic E-state index is 12.3. The van der Waals surface area contributed by atoms with Gasteiger partial charge in [-0.25, -0.2) is 4.79 Å². The summed E-state index contributed by atoms with van der Waals surface area (Å²) in [5.41, 5.74) is -1.50. The van der Waals surface area contributed by atoms with Crippen LogP contribution in [-0.4, -0.2) is 35.2 Å². The van der Waals surface area contributed by atoms with Gasteiger partial charge in [0.1, 0.15) is 5.54 Å². The molecule has 1 fully saturated rings. The van der Waals surface area contributed by atoms with E-state index in [2.05, 4.69) is 21.2 Å². The second-order valence-corrected chi connectivity index (χ2v) is 7.96. The predicted octanol–water partition coefficient (Wildman–Crippen LogP) is 2.90. The van der Waals surface area contributed by atoms with Crippen LogP contribution < -0.4 is 5.32 Å². The Morgan fingerprint density at radius 1 is 1.57 bits per heavy atom. The fraction of sp³-hybridized carbons (Fsp3) is 0.571. The number of halogens is 1. The van der Waals surface area contributed by atoms with Crippen LogP contribution >= 0.6 is 27.3 Å². The molecule has 1 aliphatic carbocycles. The minimum absolute atomic E-state index is 0.173. The molecule has 7 heteroatoms. The molecule has 0 spiro atoms. The first-order valence-electron chi connectivity index (χ1n) is 6.66. The van der Waals surface area contributed by atoms with Gasteiger partial charge in [-0.1, -0.05) is 13.8 Å². The van der Waals surface area contributed by atoms with Crippen LogP contribution in [0.15, 0.2) is 15.2 Å². The maximum absolute atomic E-state index is 12.3. The van der Waals surface area contributed by atoms with Crippen molar-refractivity contribution in [2.45, 2.75) is 38.8 Å². The molecule has 0 aliphatic heterocycles. The van der Waals surface area contributed by atoms with Crippen LogP contribution in [-0.2, 0) is 9.53 Å². The third-order valence-electron chi connectivity index (χ3n) is 4.29. The molecule has 0 saturated heterocycles. The number of carboxylic acids is 1. The number of hydrogen-bond acceptors (Lipinski definition) is 4. The van der Waals surface area contributed by atoms with E-state index in [0.717, 1.165) is 3.79 Å². The van der Waals surface area contributed by atoms with E-state index in [0.29, 0.717) is 12.2 Å². The number of aliphatic carboxylic acids is 1. The van der Waals surface area contributed by atoms with E-state index >= 15 is 0 Å². The molecule has 1 aliphatic rings. The Bertz CT molecular complexity index is 571. The third kappa shape index (κ3) is 2.62. The molecule has 0 aromatic carbocycles. The summed E-state index contributed by atoms with van der Waals surface area (Å²) in [5.74, 6) is -1.39. The molecule has 116 valence electrons. The molecule has 2 rings (SSSR count). The molecule has 5 nitrogen and oxygen atoms in total. The molecule has 1 aromatic rings. The van der Waals surface area contributed by atoms with Gasteiger partial charge in [0.15, 0.2) is 0 Å². The van der Waals surface area contributed by atoms with Gasteiger partial charge in [0.25, 0.3) is 5.91 Å². The normalized spacial score (nSPS) is 27.0. The van der Waals surface area contributed by atoms with Crippen molar-refractivity contribution in [1.29, 1.82) is 0 Å². The fourth-order valence-corrected chi connectivity index (χ4v) is 3.87. The number of carbonyl (C=O) groups excluding carboxylic acids is 1. The molecular formula is C14H18BrNO4S. The van der Waals surface area contributed by atoms with Gasteiger partial charge in [-0.15, -0.1) is 11.3 Å². The Kier molecular flexibility index (Phi) is 4.46. The standard InChI is InChI=1S/C14H18BrNO4S/c1-4-20-9-6-14(12(18)19,13(9,2)3)16-11(17)8-5-10(15)21-7-8/h5,7,9H,4,6H2,1-3H3,(H,16,17)(H,18,19). The lowest BCUT2D eigenvalue weighted by Gasteiger charge is -2.58. The molecule has 1 aromatic heterocycles. The van der Waals surface area contributed by atoms with E-state index in [4.69, 9.17) is 4.74 Å². The molecule has 2 atom stereocenters. The summed E-state index contributed by atoms with van der Waals surface area (Å²) >= 11 is 4.68. The molecule has 2 unspecified atom stereocenters. The second kappa shape index (κ2) is 5.70. The van der Waals surface area contributed by atoms with Crippen LogP contribution in [0.2, 0.25) is 0 Å². The van der Waals surface area contributed by atoms with Crippen molar-refractivity contribution in [2.24, 2.45) is 5.41 Å². The smallest absolute Gasteiger partial charge is 0.330 e. The summed E-state index contributed by atoms with van der Waals surface area (Å²) in [5, 5.41) is 14.0.